The van der Waals surface area contributed by atoms with Crippen LogP contribution >= 0.6 is 0 Å². The molecule has 2 heterocycles. The van der Waals surface area contributed by atoms with Gasteiger partial charge in [0.15, 0.2) is 0 Å². The maximum atomic E-state index is 12.9. The first-order valence-electron chi connectivity index (χ1n) is 6.79. The van der Waals surface area contributed by atoms with Gasteiger partial charge in [0.2, 0.25) is 0 Å². The second-order valence-corrected chi connectivity index (χ2v) is 5.13. The molecule has 7 heteroatoms. The van der Waals surface area contributed by atoms with Gasteiger partial charge in [-0.3, -0.25) is 0 Å². The Morgan fingerprint density at radius 1 is 1.09 bits per heavy atom. The van der Waals surface area contributed by atoms with Gasteiger partial charge in [0.1, 0.15) is 12.1 Å². The topological polar surface area (TPSA) is 56.7 Å². The third-order valence-electron chi connectivity index (χ3n) is 3.49. The first-order valence-corrected chi connectivity index (χ1v) is 6.79. The third kappa shape index (κ3) is 3.03. The fourth-order valence-electron chi connectivity index (χ4n) is 2.29. The van der Waals surface area contributed by atoms with Gasteiger partial charge in [-0.15, -0.1) is 0 Å². The molecular weight excluding hydrogens is 305 g/mol. The molecule has 0 aliphatic rings. The van der Waals surface area contributed by atoms with E-state index in [1.165, 1.54) is 12.4 Å². The lowest BCUT2D eigenvalue weighted by atomic mass is 10.1. The summed E-state index contributed by atoms with van der Waals surface area (Å²) in [5, 5.41) is 0. The highest BCUT2D eigenvalue weighted by molar-refractivity contribution is 5.62. The normalized spacial score (nSPS) is 11.7. The Morgan fingerprint density at radius 3 is 2.57 bits per heavy atom. The van der Waals surface area contributed by atoms with Crippen molar-refractivity contribution < 1.29 is 13.2 Å². The van der Waals surface area contributed by atoms with Gasteiger partial charge >= 0.3 is 6.18 Å². The SMILES string of the molecule is Cc1ccc(C(F)(F)F)cc1-n1ccc(-c2cc(N)ncn2)c1. The average molecular weight is 318 g/mol. The Hall–Kier alpha value is -2.83. The number of rotatable bonds is 2. The van der Waals surface area contributed by atoms with Gasteiger partial charge < -0.3 is 10.3 Å². The molecule has 2 N–H and O–H groups in total. The van der Waals surface area contributed by atoms with Gasteiger partial charge in [0, 0.05) is 29.7 Å². The first kappa shape index (κ1) is 15.1. The van der Waals surface area contributed by atoms with E-state index in [2.05, 4.69) is 9.97 Å². The minimum Gasteiger partial charge on any atom is -0.384 e. The van der Waals surface area contributed by atoms with E-state index in [0.717, 1.165) is 23.3 Å². The molecule has 4 nitrogen and oxygen atoms in total. The summed E-state index contributed by atoms with van der Waals surface area (Å²) in [4.78, 5) is 7.93. The van der Waals surface area contributed by atoms with Gasteiger partial charge in [-0.25, -0.2) is 9.97 Å². The molecule has 0 saturated carbocycles. The molecule has 0 radical (unpaired) electrons. The molecule has 0 saturated heterocycles. The molecule has 0 aliphatic heterocycles. The lowest BCUT2D eigenvalue weighted by Crippen LogP contribution is -2.06. The summed E-state index contributed by atoms with van der Waals surface area (Å²) < 4.78 is 40.3. The average Bonchev–Trinajstić information content (AvgIpc) is 2.96. The van der Waals surface area contributed by atoms with E-state index >= 15 is 0 Å². The lowest BCUT2D eigenvalue weighted by Gasteiger charge is -2.12. The molecule has 118 valence electrons. The van der Waals surface area contributed by atoms with E-state index < -0.39 is 11.7 Å². The molecule has 0 aliphatic carbocycles. The van der Waals surface area contributed by atoms with E-state index in [0.29, 0.717) is 17.2 Å². The standard InChI is InChI=1S/C16H13F3N4/c1-10-2-3-12(16(17,18)19)6-14(10)23-5-4-11(8-23)13-7-15(20)22-9-21-13/h2-9H,1H3,(H2,20,21,22). The van der Waals surface area contributed by atoms with Crippen LogP contribution in [-0.4, -0.2) is 14.5 Å². The number of aromatic nitrogens is 3. The summed E-state index contributed by atoms with van der Waals surface area (Å²) in [6, 6.07) is 7.04. The molecule has 23 heavy (non-hydrogen) atoms. The summed E-state index contributed by atoms with van der Waals surface area (Å²) in [6.45, 7) is 1.76. The number of nitrogen functional groups attached to an aromatic ring is 1. The Bertz CT molecular complexity index is 853. The number of nitrogens with two attached hydrogens (primary N) is 1. The number of halogens is 3. The van der Waals surface area contributed by atoms with E-state index in [1.807, 2.05) is 0 Å². The molecule has 0 unspecified atom stereocenters. The van der Waals surface area contributed by atoms with Crippen LogP contribution in [0.5, 0.6) is 0 Å². The maximum absolute atomic E-state index is 12.9. The summed E-state index contributed by atoms with van der Waals surface area (Å²) in [5.41, 5.74) is 7.50. The van der Waals surface area contributed by atoms with E-state index in [1.54, 1.807) is 36.0 Å². The number of hydrogen-bond donors (Lipinski definition) is 1. The van der Waals surface area contributed by atoms with Crippen molar-refractivity contribution in [1.29, 1.82) is 0 Å². The molecule has 3 aromatic rings. The van der Waals surface area contributed by atoms with E-state index in [9.17, 15) is 13.2 Å². The molecule has 0 atom stereocenters. The van der Waals surface area contributed by atoms with Gasteiger partial charge in [0.25, 0.3) is 0 Å². The van der Waals surface area contributed by atoms with Crippen LogP contribution in [0.4, 0.5) is 19.0 Å². The fourth-order valence-corrected chi connectivity index (χ4v) is 2.29. The van der Waals surface area contributed by atoms with Crippen molar-refractivity contribution in [2.24, 2.45) is 0 Å². The highest BCUT2D eigenvalue weighted by atomic mass is 19.4. The Labute approximate surface area is 130 Å². The third-order valence-corrected chi connectivity index (χ3v) is 3.49. The molecular formula is C16H13F3N4. The van der Waals surface area contributed by atoms with Crippen LogP contribution in [0.1, 0.15) is 11.1 Å². The number of benzene rings is 1. The van der Waals surface area contributed by atoms with Crippen molar-refractivity contribution in [1.82, 2.24) is 14.5 Å². The van der Waals surface area contributed by atoms with Crippen LogP contribution < -0.4 is 5.73 Å². The van der Waals surface area contributed by atoms with Crippen LogP contribution in [0, 0.1) is 6.92 Å². The van der Waals surface area contributed by atoms with Gasteiger partial charge in [-0.05, 0) is 30.7 Å². The van der Waals surface area contributed by atoms with Gasteiger partial charge in [-0.1, -0.05) is 6.07 Å². The second kappa shape index (κ2) is 5.42. The number of anilines is 1. The Balaban J connectivity index is 2.04. The minimum atomic E-state index is -4.38. The highest BCUT2D eigenvalue weighted by Crippen LogP contribution is 2.32. The predicted octanol–water partition coefficient (Wildman–Crippen LogP) is 3.84. The number of aryl methyl sites for hydroxylation is 1. The van der Waals surface area contributed by atoms with Crippen molar-refractivity contribution in [2.75, 3.05) is 5.73 Å². The van der Waals surface area contributed by atoms with Crippen molar-refractivity contribution in [3.8, 4) is 16.9 Å². The smallest absolute Gasteiger partial charge is 0.384 e. The second-order valence-electron chi connectivity index (χ2n) is 5.13. The van der Waals surface area contributed by atoms with Crippen LogP contribution in [0.15, 0.2) is 49.1 Å². The molecule has 0 fully saturated rings. The molecule has 0 bridgehead atoms. The van der Waals surface area contributed by atoms with Crippen molar-refractivity contribution in [3.63, 3.8) is 0 Å². The van der Waals surface area contributed by atoms with Crippen LogP contribution in [0.2, 0.25) is 0 Å². The van der Waals surface area contributed by atoms with Gasteiger partial charge in [0.05, 0.1) is 11.3 Å². The number of alkyl halides is 3. The summed E-state index contributed by atoms with van der Waals surface area (Å²) in [7, 11) is 0. The zero-order valence-electron chi connectivity index (χ0n) is 12.2. The van der Waals surface area contributed by atoms with E-state index in [4.69, 9.17) is 5.73 Å². The van der Waals surface area contributed by atoms with Crippen molar-refractivity contribution in [2.45, 2.75) is 13.1 Å². The maximum Gasteiger partial charge on any atom is 0.416 e. The Kier molecular flexibility index (Phi) is 3.55. The van der Waals surface area contributed by atoms with Crippen LogP contribution in [-0.2, 0) is 6.18 Å². The lowest BCUT2D eigenvalue weighted by molar-refractivity contribution is -0.137. The first-order chi connectivity index (χ1) is 10.8. The summed E-state index contributed by atoms with van der Waals surface area (Å²) in [5.74, 6) is 0.331. The number of hydrogen-bond acceptors (Lipinski definition) is 3. The largest absolute Gasteiger partial charge is 0.416 e. The summed E-state index contributed by atoms with van der Waals surface area (Å²) in [6.07, 6.45) is 0.372. The molecule has 0 amide bonds. The monoisotopic (exact) mass is 318 g/mol. The molecule has 1 aromatic carbocycles. The molecule has 0 spiro atoms. The predicted molar refractivity (Wildman–Crippen MR) is 80.9 cm³/mol. The van der Waals surface area contributed by atoms with E-state index in [-0.39, 0.29) is 0 Å². The minimum absolute atomic E-state index is 0.331. The summed E-state index contributed by atoms with van der Waals surface area (Å²) >= 11 is 0. The quantitative estimate of drug-likeness (QED) is 0.781. The fraction of sp³-hybridized carbons (Fsp3) is 0.125. The van der Waals surface area contributed by atoms with Crippen LogP contribution in [0.25, 0.3) is 16.9 Å². The highest BCUT2D eigenvalue weighted by Gasteiger charge is 2.30. The zero-order chi connectivity index (χ0) is 16.6. The van der Waals surface area contributed by atoms with Crippen molar-refractivity contribution in [3.05, 3.63) is 60.2 Å². The Morgan fingerprint density at radius 2 is 1.87 bits per heavy atom. The molecule has 3 rings (SSSR count). The molecule has 2 aromatic heterocycles. The number of nitrogens with zero attached hydrogens (tertiary/aromatic N) is 3. The van der Waals surface area contributed by atoms with Crippen molar-refractivity contribution >= 4 is 5.82 Å². The zero-order valence-corrected chi connectivity index (χ0v) is 12.2. The van der Waals surface area contributed by atoms with Crippen LogP contribution in [0.3, 0.4) is 0 Å². The van der Waals surface area contributed by atoms with Gasteiger partial charge in [-0.2, -0.15) is 13.2 Å².